The van der Waals surface area contributed by atoms with Crippen molar-refractivity contribution < 1.29 is 32.2 Å². The van der Waals surface area contributed by atoms with Gasteiger partial charge in [0.1, 0.15) is 33.0 Å². The van der Waals surface area contributed by atoms with Gasteiger partial charge in [-0.05, 0) is 105 Å². The molecular weight excluding hydrogens is 617 g/mol. The first-order valence-electron chi connectivity index (χ1n) is 16.5. The molecule has 2 aromatic carbocycles. The average Bonchev–Trinajstić information content (AvgIpc) is 3.50. The van der Waals surface area contributed by atoms with E-state index in [0.717, 1.165) is 38.4 Å². The second kappa shape index (κ2) is 13.0. The molecule has 0 spiro atoms. The Labute approximate surface area is 281 Å². The van der Waals surface area contributed by atoms with Gasteiger partial charge in [0.05, 0.1) is 23.8 Å². The Balaban J connectivity index is 1.40. The highest BCUT2D eigenvalue weighted by Crippen LogP contribution is 2.46. The molecule has 47 heavy (non-hydrogen) atoms. The predicted molar refractivity (Wildman–Crippen MR) is 181 cm³/mol. The van der Waals surface area contributed by atoms with Crippen molar-refractivity contribution in [2.75, 3.05) is 12.8 Å². The molecule has 3 atom stereocenters. The molecule has 1 heterocycles. The summed E-state index contributed by atoms with van der Waals surface area (Å²) in [5.41, 5.74) is -1.00. The van der Waals surface area contributed by atoms with Gasteiger partial charge in [-0.1, -0.05) is 38.5 Å². The van der Waals surface area contributed by atoms with Crippen LogP contribution >= 0.6 is 0 Å². The third-order valence-corrected chi connectivity index (χ3v) is 10.8. The number of aliphatic hydroxyl groups is 1. The van der Waals surface area contributed by atoms with Gasteiger partial charge in [0.25, 0.3) is 0 Å². The van der Waals surface area contributed by atoms with Crippen LogP contribution < -0.4 is 9.46 Å². The molecule has 2 saturated carbocycles. The highest BCUT2D eigenvalue weighted by molar-refractivity contribution is 7.89. The van der Waals surface area contributed by atoms with Crippen molar-refractivity contribution in [3.63, 3.8) is 0 Å². The van der Waals surface area contributed by atoms with Gasteiger partial charge in [-0.2, -0.15) is 0 Å². The number of amides is 1. The second-order valence-corrected chi connectivity index (χ2v) is 17.0. The second-order valence-electron chi connectivity index (χ2n) is 15.3. The van der Waals surface area contributed by atoms with E-state index in [0.29, 0.717) is 53.8 Å². The number of ether oxygens (including phenoxy) is 1. The fourth-order valence-corrected chi connectivity index (χ4v) is 7.99. The fourth-order valence-electron chi connectivity index (χ4n) is 7.40. The molecule has 1 aliphatic heterocycles. The molecule has 0 aromatic heterocycles. The van der Waals surface area contributed by atoms with Crippen LogP contribution in [0, 0.1) is 17.2 Å². The smallest absolute Gasteiger partial charge is 0.243 e. The number of nitrogens with one attached hydrogen (secondary N) is 1. The molecule has 2 aromatic rings. The first-order chi connectivity index (χ1) is 21.7. The number of carbonyl (C=O) groups excluding carboxylic acids is 2. The summed E-state index contributed by atoms with van der Waals surface area (Å²) in [5, 5.41) is 10.3. The normalized spacial score (nSPS) is 23.8. The van der Waals surface area contributed by atoms with E-state index in [1.807, 2.05) is 19.9 Å². The summed E-state index contributed by atoms with van der Waals surface area (Å²) < 4.78 is 47.9. The molecule has 5 rings (SSSR count). The van der Waals surface area contributed by atoms with Crippen LogP contribution in [0.1, 0.15) is 96.1 Å². The molecule has 8 nitrogen and oxygen atoms in total. The lowest BCUT2D eigenvalue weighted by Gasteiger charge is -2.36. The zero-order valence-corrected chi connectivity index (χ0v) is 28.8. The molecule has 2 aliphatic carbocycles. The Kier molecular flexibility index (Phi) is 9.83. The number of Topliss-reactive ketones (excluding diaryl/α,β-unsaturated/α-hetero) is 1. The number of rotatable bonds is 11. The highest BCUT2D eigenvalue weighted by atomic mass is 32.2. The van der Waals surface area contributed by atoms with Crippen LogP contribution in [-0.4, -0.2) is 76.3 Å². The van der Waals surface area contributed by atoms with Gasteiger partial charge >= 0.3 is 0 Å². The standard InChI is InChI=1S/C35H45B2FN2O6S/c1-33(2)19-28(40(20-33)35(36,37)43)29(41)17-21-12-14-24(16-21)46-30-15-13-23(34(3,4)32(42)39-47(5,44)45)18-26(30)25-10-7-11-27(38)31(25)22-8-6-9-22/h7,10-11,13,15,18,21-22,24,28,43H,6,8-9,12,14,16-17,19-20H2,1-5H3,(H,39,42)/t21-,24-,28+/m1/s1. The van der Waals surface area contributed by atoms with Gasteiger partial charge in [0.2, 0.25) is 15.9 Å². The number of sulfonamides is 1. The first-order valence-corrected chi connectivity index (χ1v) is 18.4. The lowest BCUT2D eigenvalue weighted by molar-refractivity contribution is -0.127. The lowest BCUT2D eigenvalue weighted by Crippen LogP contribution is -2.54. The Morgan fingerprint density at radius 3 is 2.43 bits per heavy atom. The molecule has 3 fully saturated rings. The maximum atomic E-state index is 15.4. The van der Waals surface area contributed by atoms with Crippen LogP contribution in [0.3, 0.4) is 0 Å². The Morgan fingerprint density at radius 1 is 1.11 bits per heavy atom. The van der Waals surface area contributed by atoms with Crippen molar-refractivity contribution >= 4 is 37.4 Å². The average molecular weight is 662 g/mol. The monoisotopic (exact) mass is 662 g/mol. The van der Waals surface area contributed by atoms with E-state index in [9.17, 15) is 23.1 Å². The van der Waals surface area contributed by atoms with E-state index in [-0.39, 0.29) is 35.0 Å². The topological polar surface area (TPSA) is 113 Å². The number of hydrogen-bond donors (Lipinski definition) is 2. The fraction of sp³-hybridized carbons (Fsp3) is 0.600. The van der Waals surface area contributed by atoms with E-state index in [4.69, 9.17) is 20.4 Å². The predicted octanol–water partition coefficient (Wildman–Crippen LogP) is 4.66. The van der Waals surface area contributed by atoms with Crippen LogP contribution in [0.2, 0.25) is 0 Å². The Bertz CT molecular complexity index is 1640. The van der Waals surface area contributed by atoms with Crippen LogP contribution in [0.25, 0.3) is 11.1 Å². The summed E-state index contributed by atoms with van der Waals surface area (Å²) in [6, 6.07) is 9.76. The van der Waals surface area contributed by atoms with Crippen molar-refractivity contribution in [1.82, 2.24) is 9.62 Å². The number of benzene rings is 2. The summed E-state index contributed by atoms with van der Waals surface area (Å²) >= 11 is 0. The van der Waals surface area contributed by atoms with Gasteiger partial charge < -0.3 is 9.84 Å². The van der Waals surface area contributed by atoms with Crippen LogP contribution in [-0.2, 0) is 25.0 Å². The third kappa shape index (κ3) is 7.97. The van der Waals surface area contributed by atoms with Gasteiger partial charge in [-0.3, -0.25) is 19.2 Å². The number of likely N-dealkylation sites (tertiary alicyclic amines) is 1. The molecule has 3 aliphatic rings. The minimum Gasteiger partial charge on any atom is -0.490 e. The maximum absolute atomic E-state index is 15.4. The Hall–Kier alpha value is -2.69. The van der Waals surface area contributed by atoms with Crippen LogP contribution in [0.4, 0.5) is 4.39 Å². The lowest BCUT2D eigenvalue weighted by atomic mass is 9.71. The molecule has 2 N–H and O–H groups in total. The molecule has 0 bridgehead atoms. The SMILES string of the molecule is [B]C([B])(O)N1CC(C)(C)C[C@H]1C(=O)C[C@@H]1CC[C@@H](Oc2ccc(C(C)(C)C(=O)NS(C)(=O)=O)cc2-c2cccc(F)c2C2CCC2)C1. The van der Waals surface area contributed by atoms with E-state index in [1.54, 1.807) is 38.1 Å². The number of nitrogens with zero attached hydrogens (tertiary/aromatic N) is 1. The van der Waals surface area contributed by atoms with Gasteiger partial charge in [-0.25, -0.2) is 12.8 Å². The highest BCUT2D eigenvalue weighted by Gasteiger charge is 2.46. The van der Waals surface area contributed by atoms with Crippen molar-refractivity contribution in [1.29, 1.82) is 0 Å². The van der Waals surface area contributed by atoms with Crippen molar-refractivity contribution in [2.45, 2.75) is 108 Å². The molecule has 1 saturated heterocycles. The van der Waals surface area contributed by atoms with Crippen molar-refractivity contribution in [2.24, 2.45) is 11.3 Å². The van der Waals surface area contributed by atoms with E-state index >= 15 is 4.39 Å². The van der Waals surface area contributed by atoms with Crippen molar-refractivity contribution in [3.8, 4) is 16.9 Å². The van der Waals surface area contributed by atoms with E-state index in [1.165, 1.54) is 11.0 Å². The zero-order valence-electron chi connectivity index (χ0n) is 28.0. The largest absolute Gasteiger partial charge is 0.490 e. The summed E-state index contributed by atoms with van der Waals surface area (Å²) in [7, 11) is 7.85. The number of hydrogen-bond acceptors (Lipinski definition) is 7. The summed E-state index contributed by atoms with van der Waals surface area (Å²) in [5.74, 6) is -0.276. The Morgan fingerprint density at radius 2 is 1.81 bits per heavy atom. The van der Waals surface area contributed by atoms with Crippen LogP contribution in [0.15, 0.2) is 36.4 Å². The summed E-state index contributed by atoms with van der Waals surface area (Å²) in [6.45, 7) is 7.75. The van der Waals surface area contributed by atoms with Crippen molar-refractivity contribution in [3.05, 3.63) is 53.3 Å². The molecule has 12 heteroatoms. The quantitative estimate of drug-likeness (QED) is 0.337. The van der Waals surface area contributed by atoms with Crippen LogP contribution in [0.5, 0.6) is 5.75 Å². The molecular formula is C35H45B2FN2O6S. The minimum absolute atomic E-state index is 0.0000876. The molecule has 250 valence electrons. The van der Waals surface area contributed by atoms with Gasteiger partial charge in [0.15, 0.2) is 0 Å². The summed E-state index contributed by atoms with van der Waals surface area (Å²) in [6.07, 6.45) is 6.53. The van der Waals surface area contributed by atoms with Gasteiger partial charge in [0, 0.05) is 24.1 Å². The number of halogens is 1. The molecule has 1 amide bonds. The molecule has 0 unspecified atom stereocenters. The number of carbonyl (C=O) groups is 2. The van der Waals surface area contributed by atoms with E-state index in [2.05, 4.69) is 4.72 Å². The summed E-state index contributed by atoms with van der Waals surface area (Å²) in [4.78, 5) is 28.0. The zero-order chi connectivity index (χ0) is 34.5. The van der Waals surface area contributed by atoms with E-state index < -0.39 is 32.9 Å². The number of ketones is 1. The first kappa shape index (κ1) is 35.6. The third-order valence-electron chi connectivity index (χ3n) is 10.2. The van der Waals surface area contributed by atoms with Gasteiger partial charge in [-0.15, -0.1) is 0 Å². The minimum atomic E-state index is -3.78. The molecule has 4 radical (unpaired) electrons. The maximum Gasteiger partial charge on any atom is 0.243 e.